The molecular formula is C12H12N2O. The molecule has 1 aromatic carbocycles. The standard InChI is InChI=1S/C12H12N2O/c1-9(15)8-10-4-2-3-5-11(10)12-13-6-7-14-12/h2-7H,8H2,1H3,(H,13,14). The van der Waals surface area contributed by atoms with Crippen molar-refractivity contribution >= 4 is 5.78 Å². The van der Waals surface area contributed by atoms with E-state index in [9.17, 15) is 4.79 Å². The van der Waals surface area contributed by atoms with Gasteiger partial charge in [0.15, 0.2) is 0 Å². The highest BCUT2D eigenvalue weighted by atomic mass is 16.1. The van der Waals surface area contributed by atoms with Crippen molar-refractivity contribution in [3.8, 4) is 11.4 Å². The normalized spacial score (nSPS) is 10.2. The van der Waals surface area contributed by atoms with Gasteiger partial charge in [0, 0.05) is 24.4 Å². The summed E-state index contributed by atoms with van der Waals surface area (Å²) in [6, 6.07) is 7.81. The van der Waals surface area contributed by atoms with Crippen LogP contribution in [0, 0.1) is 0 Å². The Morgan fingerprint density at radius 3 is 2.87 bits per heavy atom. The highest BCUT2D eigenvalue weighted by molar-refractivity contribution is 5.80. The molecule has 0 spiro atoms. The van der Waals surface area contributed by atoms with Gasteiger partial charge in [0.1, 0.15) is 11.6 Å². The van der Waals surface area contributed by atoms with Gasteiger partial charge in [-0.2, -0.15) is 0 Å². The number of aromatic nitrogens is 2. The van der Waals surface area contributed by atoms with Gasteiger partial charge >= 0.3 is 0 Å². The predicted molar refractivity (Wildman–Crippen MR) is 58.4 cm³/mol. The predicted octanol–water partition coefficient (Wildman–Crippen LogP) is 2.21. The Labute approximate surface area is 88.2 Å². The first-order valence-corrected chi connectivity index (χ1v) is 4.84. The summed E-state index contributed by atoms with van der Waals surface area (Å²) < 4.78 is 0. The highest BCUT2D eigenvalue weighted by Gasteiger charge is 2.07. The molecule has 3 nitrogen and oxygen atoms in total. The number of hydrogen-bond donors (Lipinski definition) is 1. The van der Waals surface area contributed by atoms with Crippen molar-refractivity contribution < 1.29 is 4.79 Å². The van der Waals surface area contributed by atoms with E-state index in [4.69, 9.17) is 0 Å². The number of H-pyrrole nitrogens is 1. The molecule has 0 amide bonds. The molecule has 1 aromatic heterocycles. The van der Waals surface area contributed by atoms with E-state index in [0.29, 0.717) is 6.42 Å². The topological polar surface area (TPSA) is 45.8 Å². The van der Waals surface area contributed by atoms with Gasteiger partial charge in [0.05, 0.1) is 0 Å². The lowest BCUT2D eigenvalue weighted by molar-refractivity contribution is -0.116. The summed E-state index contributed by atoms with van der Waals surface area (Å²) in [6.07, 6.45) is 3.94. The first kappa shape index (κ1) is 9.65. The van der Waals surface area contributed by atoms with Crippen LogP contribution in [0.15, 0.2) is 36.7 Å². The van der Waals surface area contributed by atoms with Gasteiger partial charge in [0.25, 0.3) is 0 Å². The van der Waals surface area contributed by atoms with Crippen LogP contribution in [0.2, 0.25) is 0 Å². The average molecular weight is 200 g/mol. The molecule has 0 aliphatic carbocycles. The molecule has 0 aliphatic heterocycles. The van der Waals surface area contributed by atoms with Crippen molar-refractivity contribution in [3.63, 3.8) is 0 Å². The van der Waals surface area contributed by atoms with Gasteiger partial charge < -0.3 is 4.98 Å². The quantitative estimate of drug-likeness (QED) is 0.825. The second-order valence-corrected chi connectivity index (χ2v) is 3.47. The summed E-state index contributed by atoms with van der Waals surface area (Å²) in [5, 5.41) is 0. The number of carbonyl (C=O) groups excluding carboxylic acids is 1. The summed E-state index contributed by atoms with van der Waals surface area (Å²) >= 11 is 0. The zero-order chi connectivity index (χ0) is 10.7. The Kier molecular flexibility index (Phi) is 2.63. The number of nitrogens with zero attached hydrogens (tertiary/aromatic N) is 1. The fraction of sp³-hybridized carbons (Fsp3) is 0.167. The number of ketones is 1. The second kappa shape index (κ2) is 4.09. The number of nitrogens with one attached hydrogen (secondary N) is 1. The van der Waals surface area contributed by atoms with E-state index in [0.717, 1.165) is 17.0 Å². The molecule has 0 radical (unpaired) electrons. The van der Waals surface area contributed by atoms with E-state index in [2.05, 4.69) is 9.97 Å². The average Bonchev–Trinajstić information content (AvgIpc) is 2.70. The van der Waals surface area contributed by atoms with Crippen LogP contribution >= 0.6 is 0 Å². The molecule has 15 heavy (non-hydrogen) atoms. The van der Waals surface area contributed by atoms with E-state index >= 15 is 0 Å². The van der Waals surface area contributed by atoms with Crippen LogP contribution in [-0.2, 0) is 11.2 Å². The number of imidazole rings is 1. The lowest BCUT2D eigenvalue weighted by atomic mass is 10.0. The minimum Gasteiger partial charge on any atom is -0.345 e. The maximum Gasteiger partial charge on any atom is 0.137 e. The summed E-state index contributed by atoms with van der Waals surface area (Å²) in [4.78, 5) is 18.3. The molecule has 0 saturated carbocycles. The lowest BCUT2D eigenvalue weighted by Crippen LogP contribution is -1.98. The molecule has 0 atom stereocenters. The van der Waals surface area contributed by atoms with Crippen LogP contribution in [0.4, 0.5) is 0 Å². The molecule has 0 saturated heterocycles. The summed E-state index contributed by atoms with van der Waals surface area (Å²) in [7, 11) is 0. The summed E-state index contributed by atoms with van der Waals surface area (Å²) in [5.41, 5.74) is 2.01. The van der Waals surface area contributed by atoms with E-state index in [1.807, 2.05) is 24.3 Å². The van der Waals surface area contributed by atoms with Crippen molar-refractivity contribution in [2.24, 2.45) is 0 Å². The summed E-state index contributed by atoms with van der Waals surface area (Å²) in [6.45, 7) is 1.60. The third-order valence-electron chi connectivity index (χ3n) is 2.21. The minimum absolute atomic E-state index is 0.161. The highest BCUT2D eigenvalue weighted by Crippen LogP contribution is 2.20. The molecule has 0 aliphatic rings. The van der Waals surface area contributed by atoms with Gasteiger partial charge in [-0.05, 0) is 12.5 Å². The maximum absolute atomic E-state index is 11.1. The second-order valence-electron chi connectivity index (χ2n) is 3.47. The molecule has 0 fully saturated rings. The zero-order valence-electron chi connectivity index (χ0n) is 8.53. The zero-order valence-corrected chi connectivity index (χ0v) is 8.53. The van der Waals surface area contributed by atoms with Crippen molar-refractivity contribution in [2.75, 3.05) is 0 Å². The van der Waals surface area contributed by atoms with Crippen LogP contribution in [0.3, 0.4) is 0 Å². The molecule has 0 bridgehead atoms. The minimum atomic E-state index is 0.161. The SMILES string of the molecule is CC(=O)Cc1ccccc1-c1ncc[nH]1. The molecule has 76 valence electrons. The Bertz CT molecular complexity index is 460. The third kappa shape index (κ3) is 2.13. The molecule has 1 N–H and O–H groups in total. The van der Waals surface area contributed by atoms with Gasteiger partial charge in [0.2, 0.25) is 0 Å². The van der Waals surface area contributed by atoms with E-state index < -0.39 is 0 Å². The van der Waals surface area contributed by atoms with Crippen molar-refractivity contribution in [1.29, 1.82) is 0 Å². The van der Waals surface area contributed by atoms with Crippen molar-refractivity contribution in [1.82, 2.24) is 9.97 Å². The number of carbonyl (C=O) groups is 1. The molecular weight excluding hydrogens is 188 g/mol. The molecule has 1 heterocycles. The Hall–Kier alpha value is -1.90. The van der Waals surface area contributed by atoms with Crippen LogP contribution in [0.25, 0.3) is 11.4 Å². The van der Waals surface area contributed by atoms with Crippen LogP contribution in [-0.4, -0.2) is 15.8 Å². The van der Waals surface area contributed by atoms with Crippen LogP contribution in [0.5, 0.6) is 0 Å². The number of aromatic amines is 1. The molecule has 2 rings (SSSR count). The van der Waals surface area contributed by atoms with Crippen LogP contribution < -0.4 is 0 Å². The van der Waals surface area contributed by atoms with E-state index in [-0.39, 0.29) is 5.78 Å². The number of Topliss-reactive ketones (excluding diaryl/α,β-unsaturated/α-hetero) is 1. The van der Waals surface area contributed by atoms with Gasteiger partial charge in [-0.3, -0.25) is 4.79 Å². The Morgan fingerprint density at radius 2 is 2.20 bits per heavy atom. The number of benzene rings is 1. The van der Waals surface area contributed by atoms with E-state index in [1.165, 1.54) is 0 Å². The maximum atomic E-state index is 11.1. The first-order chi connectivity index (χ1) is 7.27. The van der Waals surface area contributed by atoms with Gasteiger partial charge in [-0.25, -0.2) is 4.98 Å². The van der Waals surface area contributed by atoms with Crippen molar-refractivity contribution in [3.05, 3.63) is 42.2 Å². The molecule has 2 aromatic rings. The van der Waals surface area contributed by atoms with Crippen LogP contribution in [0.1, 0.15) is 12.5 Å². The molecule has 3 heteroatoms. The van der Waals surface area contributed by atoms with E-state index in [1.54, 1.807) is 19.3 Å². The van der Waals surface area contributed by atoms with Gasteiger partial charge in [-0.15, -0.1) is 0 Å². The Balaban J connectivity index is 2.42. The molecule has 0 unspecified atom stereocenters. The largest absolute Gasteiger partial charge is 0.345 e. The third-order valence-corrected chi connectivity index (χ3v) is 2.21. The number of rotatable bonds is 3. The monoisotopic (exact) mass is 200 g/mol. The van der Waals surface area contributed by atoms with Gasteiger partial charge in [-0.1, -0.05) is 24.3 Å². The Morgan fingerprint density at radius 1 is 1.40 bits per heavy atom. The fourth-order valence-corrected chi connectivity index (χ4v) is 1.59. The lowest BCUT2D eigenvalue weighted by Gasteiger charge is -2.04. The van der Waals surface area contributed by atoms with Crippen molar-refractivity contribution in [2.45, 2.75) is 13.3 Å². The first-order valence-electron chi connectivity index (χ1n) is 4.84. The number of hydrogen-bond acceptors (Lipinski definition) is 2. The summed E-state index contributed by atoms with van der Waals surface area (Å²) in [5.74, 6) is 0.973. The fourth-order valence-electron chi connectivity index (χ4n) is 1.59. The smallest absolute Gasteiger partial charge is 0.137 e.